The molecule has 0 saturated carbocycles. The van der Waals surface area contributed by atoms with Gasteiger partial charge in [0.1, 0.15) is 0 Å². The molecule has 2 nitrogen and oxygen atoms in total. The van der Waals surface area contributed by atoms with Crippen molar-refractivity contribution in [1.82, 2.24) is 0 Å². The van der Waals surface area contributed by atoms with Crippen LogP contribution in [0.3, 0.4) is 0 Å². The molecule has 0 fully saturated rings. The van der Waals surface area contributed by atoms with Crippen molar-refractivity contribution in [3.63, 3.8) is 0 Å². The average molecular weight is 390 g/mol. The van der Waals surface area contributed by atoms with Crippen molar-refractivity contribution in [2.75, 3.05) is 0 Å². The molecule has 3 rings (SSSR count). The fraction of sp³-hybridized carbons (Fsp3) is 0.0500. The number of carbonyl (C=O) groups is 1. The van der Waals surface area contributed by atoms with Gasteiger partial charge in [0.25, 0.3) is 0 Å². The van der Waals surface area contributed by atoms with E-state index in [-0.39, 0.29) is 5.97 Å². The Hall–Kier alpha value is -2.25. The molecule has 0 N–H and O–H groups in total. The third kappa shape index (κ3) is 2.73. The molecule has 0 heterocycles. The number of hydrogen-bond acceptors (Lipinski definition) is 2. The van der Waals surface area contributed by atoms with Crippen LogP contribution in [0.4, 0.5) is 0 Å². The summed E-state index contributed by atoms with van der Waals surface area (Å²) in [4.78, 5) is 13.0. The van der Waals surface area contributed by atoms with E-state index < -0.39 is 5.41 Å². The normalized spacial score (nSPS) is 11.0. The summed E-state index contributed by atoms with van der Waals surface area (Å²) in [5.74, 6) is -0.340. The summed E-state index contributed by atoms with van der Waals surface area (Å²) in [6, 6.07) is 29.2. The van der Waals surface area contributed by atoms with E-state index in [4.69, 9.17) is 3.56 Å². The number of benzene rings is 3. The number of carbonyl (C=O) groups excluding carboxylic acids is 1. The SMILES string of the molecule is O=C([O][Rh])C(c1ccccc1)(c1ccccc1)c1ccccc1. The first-order chi connectivity index (χ1) is 11.3. The van der Waals surface area contributed by atoms with Crippen LogP contribution in [0, 0.1) is 0 Å². The van der Waals surface area contributed by atoms with Crippen LogP contribution in [0.25, 0.3) is 0 Å². The Morgan fingerprint density at radius 1 is 0.652 bits per heavy atom. The Morgan fingerprint density at radius 2 is 0.957 bits per heavy atom. The van der Waals surface area contributed by atoms with Crippen molar-refractivity contribution in [2.45, 2.75) is 5.41 Å². The molecule has 3 heteroatoms. The zero-order valence-corrected chi connectivity index (χ0v) is 13.9. The Kier molecular flexibility index (Phi) is 4.69. The summed E-state index contributed by atoms with van der Waals surface area (Å²) in [5.41, 5.74) is 1.62. The minimum absolute atomic E-state index is 0.340. The van der Waals surface area contributed by atoms with E-state index in [9.17, 15) is 4.79 Å². The molecule has 0 aliphatic heterocycles. The van der Waals surface area contributed by atoms with Crippen molar-refractivity contribution in [1.29, 1.82) is 0 Å². The second-order valence-electron chi connectivity index (χ2n) is 5.20. The van der Waals surface area contributed by atoms with Crippen molar-refractivity contribution in [2.24, 2.45) is 0 Å². The van der Waals surface area contributed by atoms with Crippen LogP contribution in [0.5, 0.6) is 0 Å². The molecule has 0 spiro atoms. The van der Waals surface area contributed by atoms with Gasteiger partial charge in [0.15, 0.2) is 0 Å². The summed E-state index contributed by atoms with van der Waals surface area (Å²) in [6.07, 6.45) is 0. The molecule has 0 aliphatic rings. The fourth-order valence-electron chi connectivity index (χ4n) is 2.97. The fourth-order valence-corrected chi connectivity index (χ4v) is 3.22. The Bertz CT molecular complexity index is 674. The van der Waals surface area contributed by atoms with Crippen molar-refractivity contribution in [3.05, 3.63) is 108 Å². The summed E-state index contributed by atoms with van der Waals surface area (Å²) in [6.45, 7) is 0. The third-order valence-electron chi connectivity index (χ3n) is 3.99. The summed E-state index contributed by atoms with van der Waals surface area (Å²) in [5, 5.41) is 0. The molecule has 0 unspecified atom stereocenters. The van der Waals surface area contributed by atoms with Crippen LogP contribution >= 0.6 is 0 Å². The molecule has 0 aliphatic carbocycles. The Labute approximate surface area is 146 Å². The summed E-state index contributed by atoms with van der Waals surface area (Å²) < 4.78 is 5.13. The van der Waals surface area contributed by atoms with E-state index in [1.165, 1.54) is 0 Å². The van der Waals surface area contributed by atoms with Gasteiger partial charge in [-0.05, 0) is 0 Å². The van der Waals surface area contributed by atoms with Crippen LogP contribution in [0.2, 0.25) is 0 Å². The molecule has 0 radical (unpaired) electrons. The predicted octanol–water partition coefficient (Wildman–Crippen LogP) is 4.03. The molecule has 0 bridgehead atoms. The maximum atomic E-state index is 13.0. The molecule has 3 aromatic rings. The van der Waals surface area contributed by atoms with Crippen LogP contribution in [-0.4, -0.2) is 5.97 Å². The standard InChI is InChI=1S/C20H16O2.Rh/c21-19(22)20(16-10-4-1-5-11-16,17-12-6-2-7-13-17)18-14-8-3-9-15-18;/h1-15H,(H,21,22);/q;+1/p-1. The van der Waals surface area contributed by atoms with Crippen molar-refractivity contribution >= 4 is 5.97 Å². The van der Waals surface area contributed by atoms with Gasteiger partial charge >= 0.3 is 146 Å². The molecule has 0 aromatic heterocycles. The summed E-state index contributed by atoms with van der Waals surface area (Å²) in [7, 11) is 0. The molecule has 23 heavy (non-hydrogen) atoms. The monoisotopic (exact) mass is 390 g/mol. The van der Waals surface area contributed by atoms with Gasteiger partial charge in [0.05, 0.1) is 0 Å². The molecule has 0 saturated heterocycles. The second-order valence-corrected chi connectivity index (χ2v) is 5.54. The first kappa shape index (κ1) is 15.6. The zero-order chi connectivity index (χ0) is 16.1. The van der Waals surface area contributed by atoms with Gasteiger partial charge in [-0.2, -0.15) is 0 Å². The van der Waals surface area contributed by atoms with Crippen LogP contribution in [0.15, 0.2) is 91.0 Å². The minimum atomic E-state index is -1.00. The van der Waals surface area contributed by atoms with Crippen molar-refractivity contribution in [3.8, 4) is 0 Å². The van der Waals surface area contributed by atoms with E-state index in [0.29, 0.717) is 0 Å². The van der Waals surface area contributed by atoms with Gasteiger partial charge in [-0.1, -0.05) is 0 Å². The quantitative estimate of drug-likeness (QED) is 0.497. The van der Waals surface area contributed by atoms with Crippen LogP contribution in [-0.2, 0) is 32.4 Å². The van der Waals surface area contributed by atoms with E-state index >= 15 is 0 Å². The van der Waals surface area contributed by atoms with Crippen LogP contribution < -0.4 is 0 Å². The molecular formula is C20H15O2Rh. The second kappa shape index (κ2) is 6.89. The number of rotatable bonds is 4. The van der Waals surface area contributed by atoms with Gasteiger partial charge in [0, 0.05) is 0 Å². The Balaban J connectivity index is 2.38. The third-order valence-corrected chi connectivity index (χ3v) is 4.29. The van der Waals surface area contributed by atoms with Gasteiger partial charge in [0.2, 0.25) is 0 Å². The molecule has 0 atom stereocenters. The van der Waals surface area contributed by atoms with Crippen molar-refractivity contribution < 1.29 is 27.0 Å². The maximum absolute atomic E-state index is 13.0. The van der Waals surface area contributed by atoms with E-state index in [1.54, 1.807) is 0 Å². The Morgan fingerprint density at radius 3 is 1.22 bits per heavy atom. The van der Waals surface area contributed by atoms with Gasteiger partial charge in [-0.25, -0.2) is 0 Å². The molecular weight excluding hydrogens is 375 g/mol. The molecule has 3 aromatic carbocycles. The summed E-state index contributed by atoms with van der Waals surface area (Å²) >= 11 is 2.29. The molecule has 0 amide bonds. The zero-order valence-electron chi connectivity index (χ0n) is 12.3. The van der Waals surface area contributed by atoms with E-state index in [0.717, 1.165) is 16.7 Å². The van der Waals surface area contributed by atoms with Crippen LogP contribution in [0.1, 0.15) is 16.7 Å². The van der Waals surface area contributed by atoms with Gasteiger partial charge in [-0.3, -0.25) is 0 Å². The average Bonchev–Trinajstić information content (AvgIpc) is 2.65. The topological polar surface area (TPSA) is 26.3 Å². The first-order valence-electron chi connectivity index (χ1n) is 7.28. The predicted molar refractivity (Wildman–Crippen MR) is 85.3 cm³/mol. The number of hydrogen-bond donors (Lipinski definition) is 0. The van der Waals surface area contributed by atoms with Gasteiger partial charge < -0.3 is 0 Å². The molecule has 116 valence electrons. The van der Waals surface area contributed by atoms with Gasteiger partial charge in [-0.15, -0.1) is 0 Å². The van der Waals surface area contributed by atoms with E-state index in [2.05, 4.69) is 18.7 Å². The first-order valence-corrected chi connectivity index (χ1v) is 7.95. The van der Waals surface area contributed by atoms with E-state index in [1.807, 2.05) is 91.0 Å².